The van der Waals surface area contributed by atoms with Crippen LogP contribution in [0.2, 0.25) is 0 Å². The van der Waals surface area contributed by atoms with E-state index in [9.17, 15) is 9.90 Å². The van der Waals surface area contributed by atoms with Gasteiger partial charge in [-0.25, -0.2) is 0 Å². The van der Waals surface area contributed by atoms with Gasteiger partial charge in [0.2, 0.25) is 5.91 Å². The van der Waals surface area contributed by atoms with Gasteiger partial charge in [-0.3, -0.25) is 9.69 Å². The van der Waals surface area contributed by atoms with Gasteiger partial charge in [0.25, 0.3) is 0 Å². The second-order valence-electron chi connectivity index (χ2n) is 5.57. The molecule has 2 heterocycles. The lowest BCUT2D eigenvalue weighted by atomic mass is 10.1. The van der Waals surface area contributed by atoms with Crippen molar-refractivity contribution >= 4 is 5.91 Å². The first-order chi connectivity index (χ1) is 7.99. The van der Waals surface area contributed by atoms with E-state index in [4.69, 9.17) is 0 Å². The predicted octanol–water partition coefficient (Wildman–Crippen LogP) is -0.786. The third kappa shape index (κ3) is 2.61. The highest BCUT2D eigenvalue weighted by Gasteiger charge is 2.42. The number of hydrogen-bond acceptors (Lipinski definition) is 4. The summed E-state index contributed by atoms with van der Waals surface area (Å²) in [6.45, 7) is 2.39. The molecule has 0 spiro atoms. The zero-order valence-electron chi connectivity index (χ0n) is 11.0. The number of likely N-dealkylation sites (N-methyl/N-ethyl adjacent to an activating group) is 2. The van der Waals surface area contributed by atoms with Crippen molar-refractivity contribution in [1.82, 2.24) is 14.7 Å². The Labute approximate surface area is 103 Å². The van der Waals surface area contributed by atoms with E-state index in [0.29, 0.717) is 12.6 Å². The lowest BCUT2D eigenvalue weighted by molar-refractivity contribution is -0.131. The van der Waals surface area contributed by atoms with Gasteiger partial charge in [0.1, 0.15) is 0 Å². The molecule has 17 heavy (non-hydrogen) atoms. The zero-order valence-corrected chi connectivity index (χ0v) is 11.0. The number of amides is 1. The number of nitrogens with zero attached hydrogens (tertiary/aromatic N) is 3. The highest BCUT2D eigenvalue weighted by molar-refractivity contribution is 5.83. The van der Waals surface area contributed by atoms with Crippen molar-refractivity contribution < 1.29 is 9.90 Å². The number of hydrogen-bond donors (Lipinski definition) is 1. The topological polar surface area (TPSA) is 47.0 Å². The molecule has 0 aromatic carbocycles. The molecule has 3 unspecified atom stereocenters. The maximum absolute atomic E-state index is 12.0. The maximum Gasteiger partial charge on any atom is 0.239 e. The van der Waals surface area contributed by atoms with Gasteiger partial charge >= 0.3 is 0 Å². The van der Waals surface area contributed by atoms with Crippen LogP contribution in [-0.4, -0.2) is 84.7 Å². The molecule has 2 aliphatic rings. The Morgan fingerprint density at radius 1 is 1.47 bits per heavy atom. The standard InChI is InChI=1S/C12H23N3O2/c1-13(2)7-9-6-10(16)8-15(9)11-4-5-14(3)12(11)17/h9-11,16H,4-8H2,1-3H3. The van der Waals surface area contributed by atoms with Crippen molar-refractivity contribution in [2.45, 2.75) is 31.0 Å². The second-order valence-corrected chi connectivity index (χ2v) is 5.57. The first-order valence-electron chi connectivity index (χ1n) is 6.32. The van der Waals surface area contributed by atoms with E-state index in [1.807, 2.05) is 21.1 Å². The Kier molecular flexibility index (Phi) is 3.70. The molecule has 5 heteroatoms. The first-order valence-corrected chi connectivity index (χ1v) is 6.32. The Morgan fingerprint density at radius 3 is 2.71 bits per heavy atom. The Balaban J connectivity index is 2.05. The van der Waals surface area contributed by atoms with Gasteiger partial charge < -0.3 is 14.9 Å². The number of β-amino-alcohol motifs (C(OH)–C–C–N with tert-alkyl or cyclic N) is 1. The Hall–Kier alpha value is -0.650. The normalized spacial score (nSPS) is 35.2. The lowest BCUT2D eigenvalue weighted by Gasteiger charge is -2.30. The molecule has 0 radical (unpaired) electrons. The molecule has 98 valence electrons. The fourth-order valence-electron chi connectivity index (χ4n) is 3.01. The average molecular weight is 241 g/mol. The summed E-state index contributed by atoms with van der Waals surface area (Å²) in [5.74, 6) is 0.211. The third-order valence-corrected chi connectivity index (χ3v) is 3.81. The molecular weight excluding hydrogens is 218 g/mol. The molecule has 5 nitrogen and oxygen atoms in total. The first kappa shape index (κ1) is 12.8. The van der Waals surface area contributed by atoms with Gasteiger partial charge in [-0.15, -0.1) is 0 Å². The molecule has 2 aliphatic heterocycles. The molecule has 1 amide bonds. The van der Waals surface area contributed by atoms with Gasteiger partial charge in [-0.2, -0.15) is 0 Å². The number of aliphatic hydroxyl groups excluding tert-OH is 1. The van der Waals surface area contributed by atoms with E-state index in [-0.39, 0.29) is 18.1 Å². The van der Waals surface area contributed by atoms with E-state index in [0.717, 1.165) is 25.9 Å². The van der Waals surface area contributed by atoms with Crippen LogP contribution >= 0.6 is 0 Å². The van der Waals surface area contributed by atoms with E-state index in [1.54, 1.807) is 4.90 Å². The van der Waals surface area contributed by atoms with Gasteiger partial charge in [-0.05, 0) is 26.9 Å². The minimum absolute atomic E-state index is 0.0119. The summed E-state index contributed by atoms with van der Waals surface area (Å²) in [5.41, 5.74) is 0. The van der Waals surface area contributed by atoms with Crippen molar-refractivity contribution in [3.63, 3.8) is 0 Å². The van der Waals surface area contributed by atoms with Crippen LogP contribution in [0.25, 0.3) is 0 Å². The average Bonchev–Trinajstić information content (AvgIpc) is 2.72. The second kappa shape index (κ2) is 4.92. The molecule has 2 fully saturated rings. The van der Waals surface area contributed by atoms with Crippen LogP contribution in [0.5, 0.6) is 0 Å². The minimum Gasteiger partial charge on any atom is -0.392 e. The molecule has 2 saturated heterocycles. The summed E-state index contributed by atoms with van der Waals surface area (Å²) in [4.78, 5) is 18.1. The van der Waals surface area contributed by atoms with Crippen LogP contribution in [0, 0.1) is 0 Å². The van der Waals surface area contributed by atoms with Gasteiger partial charge in [0.15, 0.2) is 0 Å². The third-order valence-electron chi connectivity index (χ3n) is 3.81. The van der Waals surface area contributed by atoms with E-state index >= 15 is 0 Å². The SMILES string of the molecule is CN(C)CC1CC(O)CN1C1CCN(C)C1=O. The fraction of sp³-hybridized carbons (Fsp3) is 0.917. The van der Waals surface area contributed by atoms with Crippen LogP contribution in [0.4, 0.5) is 0 Å². The monoisotopic (exact) mass is 241 g/mol. The lowest BCUT2D eigenvalue weighted by Crippen LogP contribution is -2.47. The quantitative estimate of drug-likeness (QED) is 0.704. The van der Waals surface area contributed by atoms with E-state index < -0.39 is 0 Å². The van der Waals surface area contributed by atoms with Gasteiger partial charge in [0, 0.05) is 32.7 Å². The summed E-state index contributed by atoms with van der Waals surface area (Å²) < 4.78 is 0. The van der Waals surface area contributed by atoms with E-state index in [2.05, 4.69) is 9.80 Å². The number of likely N-dealkylation sites (tertiary alicyclic amines) is 2. The van der Waals surface area contributed by atoms with Crippen molar-refractivity contribution in [1.29, 1.82) is 0 Å². The highest BCUT2D eigenvalue weighted by atomic mass is 16.3. The molecule has 0 bridgehead atoms. The summed E-state index contributed by atoms with van der Waals surface area (Å²) in [7, 11) is 5.92. The minimum atomic E-state index is -0.279. The van der Waals surface area contributed by atoms with Crippen LogP contribution in [0.1, 0.15) is 12.8 Å². The number of carbonyl (C=O) groups excluding carboxylic acids is 1. The molecule has 0 aliphatic carbocycles. The molecule has 0 aromatic heterocycles. The van der Waals surface area contributed by atoms with Crippen LogP contribution < -0.4 is 0 Å². The highest BCUT2D eigenvalue weighted by Crippen LogP contribution is 2.26. The maximum atomic E-state index is 12.0. The van der Waals surface area contributed by atoms with Crippen LogP contribution in [-0.2, 0) is 4.79 Å². The summed E-state index contributed by atoms with van der Waals surface area (Å²) in [5, 5.41) is 9.81. The van der Waals surface area contributed by atoms with Crippen molar-refractivity contribution in [2.75, 3.05) is 40.8 Å². The van der Waals surface area contributed by atoms with E-state index in [1.165, 1.54) is 0 Å². The van der Waals surface area contributed by atoms with Crippen molar-refractivity contribution in [3.05, 3.63) is 0 Å². The van der Waals surface area contributed by atoms with Gasteiger partial charge in [0.05, 0.1) is 12.1 Å². The zero-order chi connectivity index (χ0) is 12.6. The number of rotatable bonds is 3. The summed E-state index contributed by atoms with van der Waals surface area (Å²) >= 11 is 0. The van der Waals surface area contributed by atoms with Crippen LogP contribution in [0.3, 0.4) is 0 Å². The van der Waals surface area contributed by atoms with Crippen LogP contribution in [0.15, 0.2) is 0 Å². The molecule has 1 N–H and O–H groups in total. The molecule has 3 atom stereocenters. The fourth-order valence-corrected chi connectivity index (χ4v) is 3.01. The summed E-state index contributed by atoms with van der Waals surface area (Å²) in [6, 6.07) is 0.294. The summed E-state index contributed by atoms with van der Waals surface area (Å²) in [6.07, 6.45) is 1.40. The Bertz CT molecular complexity index is 295. The molecule has 0 aromatic rings. The largest absolute Gasteiger partial charge is 0.392 e. The number of aliphatic hydroxyl groups is 1. The Morgan fingerprint density at radius 2 is 2.18 bits per heavy atom. The van der Waals surface area contributed by atoms with Crippen molar-refractivity contribution in [2.24, 2.45) is 0 Å². The number of carbonyl (C=O) groups is 1. The smallest absolute Gasteiger partial charge is 0.239 e. The van der Waals surface area contributed by atoms with Gasteiger partial charge in [-0.1, -0.05) is 0 Å². The molecule has 2 rings (SSSR count). The predicted molar refractivity (Wildman–Crippen MR) is 65.7 cm³/mol. The molecular formula is C12H23N3O2. The molecule has 0 saturated carbocycles. The van der Waals surface area contributed by atoms with Crippen molar-refractivity contribution in [3.8, 4) is 0 Å².